The molecule has 7 heteroatoms. The maximum atomic E-state index is 11.7. The van der Waals surface area contributed by atoms with Gasteiger partial charge in [0.25, 0.3) is 0 Å². The summed E-state index contributed by atoms with van der Waals surface area (Å²) >= 11 is 0. The highest BCUT2D eigenvalue weighted by atomic mass is 32.2. The highest BCUT2D eigenvalue weighted by Crippen LogP contribution is 2.40. The van der Waals surface area contributed by atoms with Crippen LogP contribution in [0.1, 0.15) is 19.8 Å². The number of hydrogen-bond acceptors (Lipinski definition) is 5. The van der Waals surface area contributed by atoms with Crippen LogP contribution in [0.3, 0.4) is 0 Å². The molecule has 1 aliphatic heterocycles. The Morgan fingerprint density at radius 3 is 2.37 bits per heavy atom. The fraction of sp³-hybridized carbons (Fsp3) is 0.917. The summed E-state index contributed by atoms with van der Waals surface area (Å²) in [4.78, 5) is 13.7. The molecule has 0 amide bonds. The average molecular weight is 290 g/mol. The number of hydrogen-bond donors (Lipinski definition) is 2. The number of carboxylic acids is 1. The summed E-state index contributed by atoms with van der Waals surface area (Å²) in [7, 11) is -2.92. The third-order valence-electron chi connectivity index (χ3n) is 4.06. The fourth-order valence-corrected chi connectivity index (χ4v) is 4.08. The van der Waals surface area contributed by atoms with Crippen molar-refractivity contribution in [3.63, 3.8) is 0 Å². The molecule has 0 aromatic heterocycles. The number of carboxylic acid groups (broad SMARTS) is 1. The molecule has 1 aliphatic carbocycles. The Morgan fingerprint density at radius 1 is 1.37 bits per heavy atom. The average Bonchev–Trinajstić information content (AvgIpc) is 3.15. The first-order valence-corrected chi connectivity index (χ1v) is 8.63. The molecule has 1 heterocycles. The molecular formula is C12H22N2O4S. The van der Waals surface area contributed by atoms with Crippen molar-refractivity contribution in [1.82, 2.24) is 10.2 Å². The highest BCUT2D eigenvalue weighted by Gasteiger charge is 2.51. The molecule has 2 rings (SSSR count). The number of nitrogens with one attached hydrogen (secondary N) is 1. The summed E-state index contributed by atoms with van der Waals surface area (Å²) in [6.45, 7) is 3.79. The van der Waals surface area contributed by atoms with Gasteiger partial charge < -0.3 is 10.4 Å². The molecule has 1 saturated heterocycles. The van der Waals surface area contributed by atoms with E-state index in [1.54, 1.807) is 0 Å². The Labute approximate surface area is 114 Å². The molecule has 1 saturated carbocycles. The van der Waals surface area contributed by atoms with Crippen molar-refractivity contribution in [2.75, 3.05) is 37.7 Å². The van der Waals surface area contributed by atoms with Gasteiger partial charge in [-0.15, -0.1) is 0 Å². The summed E-state index contributed by atoms with van der Waals surface area (Å²) < 4.78 is 22.8. The van der Waals surface area contributed by atoms with Crippen molar-refractivity contribution in [1.29, 1.82) is 0 Å². The lowest BCUT2D eigenvalue weighted by Crippen LogP contribution is -2.62. The van der Waals surface area contributed by atoms with Gasteiger partial charge in [0, 0.05) is 19.6 Å². The zero-order valence-electron chi connectivity index (χ0n) is 11.3. The topological polar surface area (TPSA) is 86.7 Å². The molecule has 110 valence electrons. The molecular weight excluding hydrogens is 268 g/mol. The Hall–Kier alpha value is -0.660. The van der Waals surface area contributed by atoms with Crippen LogP contribution in [0.15, 0.2) is 0 Å². The summed E-state index contributed by atoms with van der Waals surface area (Å²) in [6, 6.07) is 0. The van der Waals surface area contributed by atoms with E-state index in [0.717, 1.165) is 12.8 Å². The third-order valence-corrected chi connectivity index (χ3v) is 5.67. The van der Waals surface area contributed by atoms with Gasteiger partial charge in [-0.05, 0) is 25.3 Å². The molecule has 2 fully saturated rings. The van der Waals surface area contributed by atoms with Gasteiger partial charge in [0.15, 0.2) is 9.84 Å². The number of nitrogens with zero attached hydrogens (tertiary/aromatic N) is 1. The van der Waals surface area contributed by atoms with Gasteiger partial charge in [0.1, 0.15) is 5.54 Å². The van der Waals surface area contributed by atoms with Crippen LogP contribution < -0.4 is 5.32 Å². The van der Waals surface area contributed by atoms with E-state index in [0.29, 0.717) is 26.2 Å². The van der Waals surface area contributed by atoms with E-state index in [2.05, 4.69) is 5.32 Å². The summed E-state index contributed by atoms with van der Waals surface area (Å²) in [5.74, 6) is -0.368. The fourth-order valence-electron chi connectivity index (χ4n) is 2.80. The van der Waals surface area contributed by atoms with Crippen LogP contribution in [-0.2, 0) is 14.6 Å². The van der Waals surface area contributed by atoms with Crippen LogP contribution in [0.5, 0.6) is 0 Å². The molecule has 1 atom stereocenters. The smallest absolute Gasteiger partial charge is 0.325 e. The van der Waals surface area contributed by atoms with Crippen molar-refractivity contribution in [2.45, 2.75) is 25.3 Å². The monoisotopic (exact) mass is 290 g/mol. The maximum absolute atomic E-state index is 11.7. The molecule has 2 N–H and O–H groups in total. The van der Waals surface area contributed by atoms with Gasteiger partial charge in [-0.25, -0.2) is 8.42 Å². The SMILES string of the molecule is CCNC(CN1CCS(=O)(=O)CC1)(C(=O)O)C1CC1. The molecule has 0 bridgehead atoms. The Morgan fingerprint density at radius 2 is 1.95 bits per heavy atom. The lowest BCUT2D eigenvalue weighted by Gasteiger charge is -2.37. The number of aliphatic carboxylic acids is 1. The molecule has 0 spiro atoms. The molecule has 19 heavy (non-hydrogen) atoms. The van der Waals surface area contributed by atoms with Gasteiger partial charge >= 0.3 is 5.97 Å². The van der Waals surface area contributed by atoms with Crippen LogP contribution in [0, 0.1) is 5.92 Å². The van der Waals surface area contributed by atoms with Crippen molar-refractivity contribution < 1.29 is 18.3 Å². The highest BCUT2D eigenvalue weighted by molar-refractivity contribution is 7.91. The summed E-state index contributed by atoms with van der Waals surface area (Å²) in [5.41, 5.74) is -0.907. The van der Waals surface area contributed by atoms with Crippen molar-refractivity contribution in [3.8, 4) is 0 Å². The zero-order valence-corrected chi connectivity index (χ0v) is 12.1. The second-order valence-corrected chi connectivity index (χ2v) is 7.81. The lowest BCUT2D eigenvalue weighted by atomic mass is 9.92. The number of rotatable bonds is 6. The van der Waals surface area contributed by atoms with Crippen molar-refractivity contribution >= 4 is 15.8 Å². The first kappa shape index (κ1) is 14.7. The minimum atomic E-state index is -2.92. The zero-order chi connectivity index (χ0) is 14.1. The lowest BCUT2D eigenvalue weighted by molar-refractivity contribution is -0.147. The molecule has 6 nitrogen and oxygen atoms in total. The normalized spacial score (nSPS) is 26.8. The second-order valence-electron chi connectivity index (χ2n) is 5.51. The van der Waals surface area contributed by atoms with Crippen LogP contribution in [0.4, 0.5) is 0 Å². The Bertz CT molecular complexity index is 433. The first-order valence-electron chi connectivity index (χ1n) is 6.81. The van der Waals surface area contributed by atoms with E-state index in [1.165, 1.54) is 0 Å². The van der Waals surface area contributed by atoms with Gasteiger partial charge in [-0.3, -0.25) is 9.69 Å². The van der Waals surface area contributed by atoms with E-state index in [9.17, 15) is 18.3 Å². The Kier molecular flexibility index (Phi) is 4.17. The number of sulfone groups is 1. The second kappa shape index (κ2) is 5.38. The van der Waals surface area contributed by atoms with E-state index < -0.39 is 21.3 Å². The van der Waals surface area contributed by atoms with Crippen molar-refractivity contribution in [2.24, 2.45) is 5.92 Å². The van der Waals surface area contributed by atoms with Crippen molar-refractivity contribution in [3.05, 3.63) is 0 Å². The van der Waals surface area contributed by atoms with Crippen LogP contribution >= 0.6 is 0 Å². The molecule has 0 aromatic carbocycles. The predicted octanol–water partition coefficient (Wildman–Crippen LogP) is -0.440. The van der Waals surface area contributed by atoms with Gasteiger partial charge in [-0.2, -0.15) is 0 Å². The summed E-state index contributed by atoms with van der Waals surface area (Å²) in [5, 5.41) is 12.7. The largest absolute Gasteiger partial charge is 0.480 e. The van der Waals surface area contributed by atoms with Gasteiger partial charge in [0.05, 0.1) is 11.5 Å². The van der Waals surface area contributed by atoms with Gasteiger partial charge in [0.2, 0.25) is 0 Å². The van der Waals surface area contributed by atoms with Crippen LogP contribution in [-0.4, -0.2) is 67.6 Å². The Balaban J connectivity index is 2.06. The minimum Gasteiger partial charge on any atom is -0.480 e. The maximum Gasteiger partial charge on any atom is 0.325 e. The minimum absolute atomic E-state index is 0.138. The predicted molar refractivity (Wildman–Crippen MR) is 71.9 cm³/mol. The quantitative estimate of drug-likeness (QED) is 0.690. The van der Waals surface area contributed by atoms with E-state index in [-0.39, 0.29) is 17.4 Å². The van der Waals surface area contributed by atoms with E-state index in [1.807, 2.05) is 11.8 Å². The standard InChI is InChI=1S/C12H22N2O4S/c1-2-13-12(11(15)16,10-3-4-10)9-14-5-7-19(17,18)8-6-14/h10,13H,2-9H2,1H3,(H,15,16). The third kappa shape index (κ3) is 3.27. The van der Waals surface area contributed by atoms with E-state index >= 15 is 0 Å². The molecule has 0 radical (unpaired) electrons. The number of carbonyl (C=O) groups is 1. The number of likely N-dealkylation sites (N-methyl/N-ethyl adjacent to an activating group) is 1. The molecule has 0 aromatic rings. The first-order chi connectivity index (χ1) is 8.89. The van der Waals surface area contributed by atoms with E-state index in [4.69, 9.17) is 0 Å². The van der Waals surface area contributed by atoms with Crippen LogP contribution in [0.2, 0.25) is 0 Å². The van der Waals surface area contributed by atoms with Gasteiger partial charge in [-0.1, -0.05) is 6.92 Å². The molecule has 2 aliphatic rings. The van der Waals surface area contributed by atoms with Crippen LogP contribution in [0.25, 0.3) is 0 Å². The summed E-state index contributed by atoms with van der Waals surface area (Å²) in [6.07, 6.45) is 1.87. The molecule has 1 unspecified atom stereocenters.